The van der Waals surface area contributed by atoms with E-state index in [1.165, 1.54) is 0 Å². The zero-order chi connectivity index (χ0) is 15.9. The van der Waals surface area contributed by atoms with Gasteiger partial charge >= 0.3 is 0 Å². The fourth-order valence-electron chi connectivity index (χ4n) is 2.68. The smallest absolute Gasteiger partial charge is 0.132 e. The minimum atomic E-state index is -0.0692. The van der Waals surface area contributed by atoms with Crippen molar-refractivity contribution in [2.24, 2.45) is 5.41 Å². The van der Waals surface area contributed by atoms with E-state index in [1.54, 1.807) is 12.3 Å². The second-order valence-electron chi connectivity index (χ2n) is 6.19. The van der Waals surface area contributed by atoms with Crippen molar-refractivity contribution in [2.45, 2.75) is 12.8 Å². The van der Waals surface area contributed by atoms with Gasteiger partial charge in [-0.1, -0.05) is 6.07 Å². The second-order valence-corrected chi connectivity index (χ2v) is 6.19. The van der Waals surface area contributed by atoms with Crippen molar-refractivity contribution < 1.29 is 9.84 Å². The Balaban J connectivity index is 1.70. The monoisotopic (exact) mass is 310 g/mol. The van der Waals surface area contributed by atoms with Crippen molar-refractivity contribution in [3.8, 4) is 17.0 Å². The molecular formula is C17H18N4O2. The highest BCUT2D eigenvalue weighted by Crippen LogP contribution is 2.45. The summed E-state index contributed by atoms with van der Waals surface area (Å²) in [5.74, 6) is 1.13. The van der Waals surface area contributed by atoms with Crippen LogP contribution in [0.4, 0.5) is 5.82 Å². The topological polar surface area (TPSA) is 97.0 Å². The second kappa shape index (κ2) is 5.24. The summed E-state index contributed by atoms with van der Waals surface area (Å²) in [6.45, 7) is 0.666. The van der Waals surface area contributed by atoms with Crippen LogP contribution in [-0.4, -0.2) is 33.5 Å². The molecule has 1 saturated carbocycles. The number of benzene rings is 1. The van der Waals surface area contributed by atoms with E-state index in [0.29, 0.717) is 18.2 Å². The molecule has 1 aliphatic carbocycles. The lowest BCUT2D eigenvalue weighted by Gasteiger charge is -2.15. The van der Waals surface area contributed by atoms with E-state index in [1.807, 2.05) is 24.3 Å². The zero-order valence-corrected chi connectivity index (χ0v) is 12.6. The maximum Gasteiger partial charge on any atom is 0.132 e. The highest BCUT2D eigenvalue weighted by molar-refractivity contribution is 5.89. The minimum Gasteiger partial charge on any atom is -0.492 e. The first kappa shape index (κ1) is 14.0. The van der Waals surface area contributed by atoms with E-state index < -0.39 is 0 Å². The number of pyridine rings is 1. The summed E-state index contributed by atoms with van der Waals surface area (Å²) in [7, 11) is 0. The molecule has 4 N–H and O–H groups in total. The average molecular weight is 310 g/mol. The first-order chi connectivity index (χ1) is 11.2. The Morgan fingerprint density at radius 3 is 2.83 bits per heavy atom. The van der Waals surface area contributed by atoms with Crippen LogP contribution in [-0.2, 0) is 0 Å². The van der Waals surface area contributed by atoms with Gasteiger partial charge < -0.3 is 15.6 Å². The third-order valence-corrected chi connectivity index (χ3v) is 4.43. The van der Waals surface area contributed by atoms with Gasteiger partial charge in [-0.2, -0.15) is 5.10 Å². The fourth-order valence-corrected chi connectivity index (χ4v) is 2.68. The van der Waals surface area contributed by atoms with Gasteiger partial charge in [0.2, 0.25) is 0 Å². The maximum absolute atomic E-state index is 9.42. The standard InChI is InChI=1S/C17H18N4O2/c18-16-8-15(23-10-17(9-22)4-5-17)12-2-1-11(7-14(12)20-16)13-3-6-19-21-13/h1-3,6-8,22H,4-5,9-10H2,(H2,18,20)(H,19,21). The number of ether oxygens (including phenoxy) is 1. The molecule has 23 heavy (non-hydrogen) atoms. The van der Waals surface area contributed by atoms with Gasteiger partial charge in [0.1, 0.15) is 11.6 Å². The van der Waals surface area contributed by atoms with Gasteiger partial charge in [-0.3, -0.25) is 5.10 Å². The summed E-state index contributed by atoms with van der Waals surface area (Å²) in [6, 6.07) is 9.59. The average Bonchev–Trinajstić information content (AvgIpc) is 3.13. The molecule has 0 saturated heterocycles. The van der Waals surface area contributed by atoms with Gasteiger partial charge in [-0.25, -0.2) is 4.98 Å². The third-order valence-electron chi connectivity index (χ3n) is 4.43. The maximum atomic E-state index is 9.42. The number of hydrogen-bond acceptors (Lipinski definition) is 5. The predicted octanol–water partition coefficient (Wildman–Crippen LogP) is 2.36. The Morgan fingerprint density at radius 1 is 1.26 bits per heavy atom. The highest BCUT2D eigenvalue weighted by Gasteiger charge is 2.43. The number of nitrogens with zero attached hydrogens (tertiary/aromatic N) is 2. The first-order valence-electron chi connectivity index (χ1n) is 7.63. The summed E-state index contributed by atoms with van der Waals surface area (Å²) in [4.78, 5) is 4.40. The van der Waals surface area contributed by atoms with E-state index in [0.717, 1.165) is 35.0 Å². The lowest BCUT2D eigenvalue weighted by molar-refractivity contribution is 0.147. The van der Waals surface area contributed by atoms with Crippen LogP contribution >= 0.6 is 0 Å². The number of aliphatic hydroxyl groups excluding tert-OH is 1. The Kier molecular flexibility index (Phi) is 3.20. The number of nitrogen functional groups attached to an aromatic ring is 1. The number of aromatic nitrogens is 3. The Labute approximate surface area is 133 Å². The molecule has 2 aromatic heterocycles. The molecule has 0 atom stereocenters. The van der Waals surface area contributed by atoms with Crippen LogP contribution in [0.15, 0.2) is 36.5 Å². The van der Waals surface area contributed by atoms with Crippen LogP contribution in [0.3, 0.4) is 0 Å². The number of nitrogens with one attached hydrogen (secondary N) is 1. The normalized spacial score (nSPS) is 15.7. The van der Waals surface area contributed by atoms with Crippen molar-refractivity contribution >= 4 is 16.7 Å². The molecule has 0 spiro atoms. The van der Waals surface area contributed by atoms with Crippen molar-refractivity contribution in [1.29, 1.82) is 0 Å². The summed E-state index contributed by atoms with van der Waals surface area (Å²) < 4.78 is 5.95. The highest BCUT2D eigenvalue weighted by atomic mass is 16.5. The SMILES string of the molecule is Nc1cc(OCC2(CO)CC2)c2ccc(-c3ccn[nH]3)cc2n1. The summed E-state index contributed by atoms with van der Waals surface area (Å²) in [5.41, 5.74) is 8.55. The molecule has 2 heterocycles. The Bertz CT molecular complexity index is 841. The molecule has 0 amide bonds. The largest absolute Gasteiger partial charge is 0.492 e. The lowest BCUT2D eigenvalue weighted by atomic mass is 10.1. The Morgan fingerprint density at radius 2 is 2.13 bits per heavy atom. The third kappa shape index (κ3) is 2.61. The van der Waals surface area contributed by atoms with Crippen molar-refractivity contribution in [3.05, 3.63) is 36.5 Å². The van der Waals surface area contributed by atoms with Gasteiger partial charge in [0.05, 0.1) is 24.4 Å². The number of anilines is 1. The number of nitrogens with two attached hydrogens (primary N) is 1. The number of fused-ring (bicyclic) bond motifs is 1. The summed E-state index contributed by atoms with van der Waals surface area (Å²) in [5, 5.41) is 17.2. The van der Waals surface area contributed by atoms with Gasteiger partial charge in [0.25, 0.3) is 0 Å². The molecule has 0 aliphatic heterocycles. The minimum absolute atomic E-state index is 0.0692. The molecule has 1 fully saturated rings. The van der Waals surface area contributed by atoms with Crippen molar-refractivity contribution in [2.75, 3.05) is 18.9 Å². The van der Waals surface area contributed by atoms with Crippen LogP contribution < -0.4 is 10.5 Å². The lowest BCUT2D eigenvalue weighted by Crippen LogP contribution is -2.17. The number of aromatic amines is 1. The van der Waals surface area contributed by atoms with E-state index in [4.69, 9.17) is 10.5 Å². The van der Waals surface area contributed by atoms with E-state index in [9.17, 15) is 5.11 Å². The van der Waals surface area contributed by atoms with E-state index in [-0.39, 0.29) is 12.0 Å². The zero-order valence-electron chi connectivity index (χ0n) is 12.6. The molecule has 6 heteroatoms. The number of hydrogen-bond donors (Lipinski definition) is 3. The molecule has 1 aromatic carbocycles. The number of rotatable bonds is 5. The fraction of sp³-hybridized carbons (Fsp3) is 0.294. The summed E-state index contributed by atoms with van der Waals surface area (Å²) in [6.07, 6.45) is 3.72. The van der Waals surface area contributed by atoms with Crippen LogP contribution in [0.5, 0.6) is 5.75 Å². The molecule has 0 bridgehead atoms. The van der Waals surface area contributed by atoms with E-state index >= 15 is 0 Å². The van der Waals surface area contributed by atoms with Crippen molar-refractivity contribution in [1.82, 2.24) is 15.2 Å². The van der Waals surface area contributed by atoms with Crippen LogP contribution in [0.25, 0.3) is 22.2 Å². The molecule has 3 aromatic rings. The van der Waals surface area contributed by atoms with E-state index in [2.05, 4.69) is 15.2 Å². The number of H-pyrrole nitrogens is 1. The molecule has 6 nitrogen and oxygen atoms in total. The van der Waals surface area contributed by atoms with Gasteiger partial charge in [0.15, 0.2) is 0 Å². The molecule has 4 rings (SSSR count). The van der Waals surface area contributed by atoms with Crippen LogP contribution in [0, 0.1) is 5.41 Å². The van der Waals surface area contributed by atoms with Gasteiger partial charge in [0, 0.05) is 28.6 Å². The van der Waals surface area contributed by atoms with Gasteiger partial charge in [-0.15, -0.1) is 0 Å². The Hall–Kier alpha value is -2.60. The summed E-state index contributed by atoms with van der Waals surface area (Å²) >= 11 is 0. The molecule has 0 radical (unpaired) electrons. The molecule has 1 aliphatic rings. The molecular weight excluding hydrogens is 292 g/mol. The predicted molar refractivity (Wildman–Crippen MR) is 88.0 cm³/mol. The van der Waals surface area contributed by atoms with Crippen LogP contribution in [0.2, 0.25) is 0 Å². The van der Waals surface area contributed by atoms with Crippen LogP contribution in [0.1, 0.15) is 12.8 Å². The van der Waals surface area contributed by atoms with Gasteiger partial charge in [-0.05, 0) is 31.0 Å². The quantitative estimate of drug-likeness (QED) is 0.672. The number of aliphatic hydroxyl groups is 1. The van der Waals surface area contributed by atoms with Crippen molar-refractivity contribution in [3.63, 3.8) is 0 Å². The first-order valence-corrected chi connectivity index (χ1v) is 7.63. The molecule has 0 unspecified atom stereocenters. The molecule has 118 valence electrons.